The van der Waals surface area contributed by atoms with E-state index in [0.717, 1.165) is 17.5 Å². The smallest absolute Gasteiger partial charge is 0.306 e. The van der Waals surface area contributed by atoms with Gasteiger partial charge >= 0.3 is 5.97 Å². The van der Waals surface area contributed by atoms with E-state index in [2.05, 4.69) is 0 Å². The maximum atomic E-state index is 11.6. The zero-order valence-corrected chi connectivity index (χ0v) is 11.2. The predicted molar refractivity (Wildman–Crippen MR) is 76.8 cm³/mol. The summed E-state index contributed by atoms with van der Waals surface area (Å²) >= 11 is 0. The summed E-state index contributed by atoms with van der Waals surface area (Å²) in [7, 11) is 0. The Labute approximate surface area is 126 Å². The monoisotopic (exact) mass is 247 g/mol. The molecule has 0 heterocycles. The van der Waals surface area contributed by atoms with E-state index in [1.165, 1.54) is 0 Å². The summed E-state index contributed by atoms with van der Waals surface area (Å²) in [5, 5.41) is 0. The number of hydrogen-bond donors (Lipinski definition) is 0. The van der Waals surface area contributed by atoms with Gasteiger partial charge in [-0.25, -0.2) is 0 Å². The number of carbonyl (C=O) groups excluding carboxylic acids is 1. The van der Waals surface area contributed by atoms with Crippen molar-refractivity contribution in [3.05, 3.63) is 71.8 Å². The Morgan fingerprint density at radius 2 is 1.37 bits per heavy atom. The van der Waals surface area contributed by atoms with Gasteiger partial charge in [-0.05, 0) is 17.5 Å². The number of carbonyl (C=O) groups is 1. The van der Waals surface area contributed by atoms with Gasteiger partial charge in [0.05, 0.1) is 0 Å². The molecule has 0 fully saturated rings. The van der Waals surface area contributed by atoms with Gasteiger partial charge in [-0.1, -0.05) is 60.7 Å². The first-order valence-electron chi connectivity index (χ1n) is 6.08. The maximum Gasteiger partial charge on any atom is 0.306 e. The number of rotatable bonds is 5. The van der Waals surface area contributed by atoms with E-state index in [1.807, 2.05) is 60.7 Å². The molecule has 0 saturated carbocycles. The summed E-state index contributed by atoms with van der Waals surface area (Å²) in [6.45, 7) is 0.356. The Balaban J connectivity index is 0.00000180. The molecule has 2 rings (SSSR count). The third-order valence-corrected chi connectivity index (χ3v) is 2.70. The first kappa shape index (κ1) is 15.6. The van der Waals surface area contributed by atoms with Crippen molar-refractivity contribution >= 4 is 24.8 Å². The van der Waals surface area contributed by atoms with Crippen LogP contribution < -0.4 is 0 Å². The second kappa shape index (κ2) is 8.58. The standard InChI is InChI=1S/C16H16O2.Li/c17-16(12-11-14-7-3-1-4-8-14)18-13-15-9-5-2-6-10-15;/h1-10H,11-13H2;. The second-order valence-electron chi connectivity index (χ2n) is 4.13. The van der Waals surface area contributed by atoms with Gasteiger partial charge in [0.25, 0.3) is 0 Å². The summed E-state index contributed by atoms with van der Waals surface area (Å²) < 4.78 is 5.21. The topological polar surface area (TPSA) is 26.3 Å². The molecule has 1 radical (unpaired) electrons. The molecule has 19 heavy (non-hydrogen) atoms. The largest absolute Gasteiger partial charge is 0.461 e. The van der Waals surface area contributed by atoms with Gasteiger partial charge in [0, 0.05) is 25.3 Å². The van der Waals surface area contributed by atoms with Crippen molar-refractivity contribution in [1.82, 2.24) is 0 Å². The minimum absolute atomic E-state index is 0. The first-order valence-corrected chi connectivity index (χ1v) is 6.08. The third kappa shape index (κ3) is 5.78. The SMILES string of the molecule is O=C(CCc1ccccc1)OCc1ccccc1.[Li]. The van der Waals surface area contributed by atoms with Crippen LogP contribution in [0, 0.1) is 0 Å². The molecule has 0 aliphatic rings. The fourth-order valence-corrected chi connectivity index (χ4v) is 1.70. The Hall–Kier alpha value is -1.49. The van der Waals surface area contributed by atoms with Crippen LogP contribution in [0.15, 0.2) is 60.7 Å². The summed E-state index contributed by atoms with van der Waals surface area (Å²) in [6.07, 6.45) is 1.16. The number of benzene rings is 2. The van der Waals surface area contributed by atoms with E-state index in [4.69, 9.17) is 4.74 Å². The quantitative estimate of drug-likeness (QED) is 0.599. The van der Waals surface area contributed by atoms with E-state index in [-0.39, 0.29) is 24.8 Å². The molecule has 2 aromatic carbocycles. The third-order valence-electron chi connectivity index (χ3n) is 2.70. The molecule has 0 unspecified atom stereocenters. The molecule has 0 spiro atoms. The molecule has 0 atom stereocenters. The van der Waals surface area contributed by atoms with E-state index < -0.39 is 0 Å². The Morgan fingerprint density at radius 3 is 1.95 bits per heavy atom. The van der Waals surface area contributed by atoms with Gasteiger partial charge in [-0.3, -0.25) is 4.79 Å². The number of ether oxygens (including phenoxy) is 1. The average molecular weight is 247 g/mol. The van der Waals surface area contributed by atoms with Crippen LogP contribution in [0.25, 0.3) is 0 Å². The minimum atomic E-state index is -0.150. The summed E-state index contributed by atoms with van der Waals surface area (Å²) in [5.74, 6) is -0.150. The molecule has 0 aromatic heterocycles. The molecule has 0 bridgehead atoms. The zero-order valence-electron chi connectivity index (χ0n) is 11.2. The van der Waals surface area contributed by atoms with E-state index in [0.29, 0.717) is 13.0 Å². The van der Waals surface area contributed by atoms with Gasteiger partial charge in [-0.2, -0.15) is 0 Å². The normalized spacial score (nSPS) is 9.47. The average Bonchev–Trinajstić information content (AvgIpc) is 2.45. The molecule has 93 valence electrons. The molecule has 0 amide bonds. The van der Waals surface area contributed by atoms with Crippen molar-refractivity contribution < 1.29 is 9.53 Å². The number of hydrogen-bond acceptors (Lipinski definition) is 2. The minimum Gasteiger partial charge on any atom is -0.461 e. The van der Waals surface area contributed by atoms with E-state index >= 15 is 0 Å². The van der Waals surface area contributed by atoms with Crippen LogP contribution in [0.2, 0.25) is 0 Å². The number of aryl methyl sites for hydroxylation is 1. The van der Waals surface area contributed by atoms with Crippen molar-refractivity contribution in [3.63, 3.8) is 0 Å². The van der Waals surface area contributed by atoms with Gasteiger partial charge in [-0.15, -0.1) is 0 Å². The van der Waals surface area contributed by atoms with Gasteiger partial charge < -0.3 is 4.74 Å². The molecule has 0 aliphatic carbocycles. The molecule has 0 saturated heterocycles. The van der Waals surface area contributed by atoms with Crippen LogP contribution in [0.1, 0.15) is 17.5 Å². The zero-order chi connectivity index (χ0) is 12.6. The van der Waals surface area contributed by atoms with Crippen LogP contribution in [0.4, 0.5) is 0 Å². The summed E-state index contributed by atoms with van der Waals surface area (Å²) in [5.41, 5.74) is 2.18. The summed E-state index contributed by atoms with van der Waals surface area (Å²) in [4.78, 5) is 11.6. The molecule has 0 aliphatic heterocycles. The van der Waals surface area contributed by atoms with Crippen LogP contribution in [0.3, 0.4) is 0 Å². The van der Waals surface area contributed by atoms with Gasteiger partial charge in [0.15, 0.2) is 0 Å². The fourth-order valence-electron chi connectivity index (χ4n) is 1.70. The van der Waals surface area contributed by atoms with Crippen LogP contribution in [-0.2, 0) is 22.6 Å². The Morgan fingerprint density at radius 1 is 0.842 bits per heavy atom. The molecule has 2 nitrogen and oxygen atoms in total. The molecule has 0 N–H and O–H groups in total. The van der Waals surface area contributed by atoms with E-state index in [1.54, 1.807) is 0 Å². The van der Waals surface area contributed by atoms with Crippen LogP contribution in [-0.4, -0.2) is 24.8 Å². The molecule has 3 heteroatoms. The van der Waals surface area contributed by atoms with Crippen molar-refractivity contribution in [3.8, 4) is 0 Å². The van der Waals surface area contributed by atoms with Crippen molar-refractivity contribution in [1.29, 1.82) is 0 Å². The summed E-state index contributed by atoms with van der Waals surface area (Å²) in [6, 6.07) is 19.7. The predicted octanol–water partition coefficient (Wildman–Crippen LogP) is 2.98. The second-order valence-corrected chi connectivity index (χ2v) is 4.13. The van der Waals surface area contributed by atoms with Crippen molar-refractivity contribution in [2.75, 3.05) is 0 Å². The molecular formula is C16H16LiO2. The van der Waals surface area contributed by atoms with Crippen LogP contribution >= 0.6 is 0 Å². The van der Waals surface area contributed by atoms with Crippen molar-refractivity contribution in [2.45, 2.75) is 19.4 Å². The van der Waals surface area contributed by atoms with E-state index in [9.17, 15) is 4.79 Å². The van der Waals surface area contributed by atoms with Crippen molar-refractivity contribution in [2.24, 2.45) is 0 Å². The van der Waals surface area contributed by atoms with Crippen LogP contribution in [0.5, 0.6) is 0 Å². The first-order chi connectivity index (χ1) is 8.84. The molecule has 2 aromatic rings. The number of esters is 1. The molecular weight excluding hydrogens is 231 g/mol. The Bertz CT molecular complexity index is 437. The fraction of sp³-hybridized carbons (Fsp3) is 0.188. The van der Waals surface area contributed by atoms with Gasteiger partial charge in [0.1, 0.15) is 6.61 Å². The maximum absolute atomic E-state index is 11.6. The Kier molecular flexibility index (Phi) is 7.03. The van der Waals surface area contributed by atoms with Gasteiger partial charge in [0.2, 0.25) is 0 Å².